The summed E-state index contributed by atoms with van der Waals surface area (Å²) >= 11 is 34.8. The summed E-state index contributed by atoms with van der Waals surface area (Å²) in [5.41, 5.74) is 0. The fourth-order valence-corrected chi connectivity index (χ4v) is 2.15. The molecule has 2 aromatic rings. The topological polar surface area (TPSA) is 51.8 Å². The van der Waals surface area contributed by atoms with Crippen molar-refractivity contribution in [1.82, 2.24) is 15.0 Å². The second-order valence-corrected chi connectivity index (χ2v) is 8.97. The number of hydrogen-bond donors (Lipinski definition) is 0. The summed E-state index contributed by atoms with van der Waals surface area (Å²) < 4.78 is 1.79. The lowest BCUT2D eigenvalue weighted by Crippen LogP contribution is -2.18. The first-order chi connectivity index (χ1) is 10.1. The predicted molar refractivity (Wildman–Crippen MR) is 89.2 cm³/mol. The number of alkyl halides is 6. The van der Waals surface area contributed by atoms with Crippen molar-refractivity contribution in [3.63, 3.8) is 0 Å². The van der Waals surface area contributed by atoms with Crippen LogP contribution in [0.3, 0.4) is 0 Å². The summed E-state index contributed by atoms with van der Waals surface area (Å²) in [6.07, 6.45) is 0.966. The highest BCUT2D eigenvalue weighted by Gasteiger charge is 2.33. The molecule has 0 saturated carbocycles. The van der Waals surface area contributed by atoms with Gasteiger partial charge in [0.05, 0.1) is 0 Å². The van der Waals surface area contributed by atoms with E-state index in [0.29, 0.717) is 18.7 Å². The first-order valence-electron chi connectivity index (χ1n) is 6.00. The molecule has 0 bridgehead atoms. The van der Waals surface area contributed by atoms with E-state index in [4.69, 9.17) is 74.0 Å². The van der Waals surface area contributed by atoms with Gasteiger partial charge in [0.25, 0.3) is 0 Å². The Balaban J connectivity index is 2.29. The average Bonchev–Trinajstić information content (AvgIpc) is 2.80. The fraction of sp³-hybridized carbons (Fsp3) is 0.417. The molecule has 10 heteroatoms. The Morgan fingerprint density at radius 1 is 0.864 bits per heavy atom. The van der Waals surface area contributed by atoms with Crippen LogP contribution in [-0.2, 0) is 20.4 Å². The van der Waals surface area contributed by atoms with Crippen LogP contribution in [0.2, 0.25) is 0 Å². The van der Waals surface area contributed by atoms with Crippen molar-refractivity contribution in [2.45, 2.75) is 27.4 Å². The summed E-state index contributed by atoms with van der Waals surface area (Å²) in [5.74, 6) is 1.74. The van der Waals surface area contributed by atoms with Crippen LogP contribution in [0.1, 0.15) is 29.0 Å². The van der Waals surface area contributed by atoms with E-state index in [-0.39, 0.29) is 11.6 Å². The summed E-state index contributed by atoms with van der Waals surface area (Å²) in [4.78, 5) is 12.1. The molecule has 0 spiro atoms. The molecule has 0 aromatic carbocycles. The second-order valence-electron chi connectivity index (χ2n) is 4.41. The highest BCUT2D eigenvalue weighted by Crippen LogP contribution is 2.39. The first kappa shape index (κ1) is 18.4. The Labute approximate surface area is 157 Å². The molecule has 0 N–H and O–H groups in total. The van der Waals surface area contributed by atoms with Crippen molar-refractivity contribution in [2.75, 3.05) is 0 Å². The van der Waals surface area contributed by atoms with Gasteiger partial charge in [0.1, 0.15) is 17.3 Å². The van der Waals surface area contributed by atoms with Crippen LogP contribution in [-0.4, -0.2) is 15.0 Å². The number of hydrogen-bond acceptors (Lipinski definition) is 4. The van der Waals surface area contributed by atoms with E-state index in [1.54, 1.807) is 0 Å². The van der Waals surface area contributed by atoms with E-state index in [2.05, 4.69) is 15.0 Å². The Morgan fingerprint density at radius 3 is 1.82 bits per heavy atom. The number of nitrogens with zero attached hydrogens (tertiary/aromatic N) is 3. The largest absolute Gasteiger partial charge is 0.466 e. The van der Waals surface area contributed by atoms with Gasteiger partial charge in [-0.05, 0) is 19.1 Å². The van der Waals surface area contributed by atoms with Gasteiger partial charge in [-0.15, -0.1) is 0 Å². The quantitative estimate of drug-likeness (QED) is 0.636. The van der Waals surface area contributed by atoms with Crippen LogP contribution in [0.5, 0.6) is 0 Å². The highest BCUT2D eigenvalue weighted by atomic mass is 35.6. The van der Waals surface area contributed by atoms with Gasteiger partial charge in [-0.3, -0.25) is 0 Å². The monoisotopic (exact) mass is 421 g/mol. The first-order valence-corrected chi connectivity index (χ1v) is 8.27. The summed E-state index contributed by atoms with van der Waals surface area (Å²) in [7, 11) is 0. The average molecular weight is 424 g/mol. The number of aryl methyl sites for hydroxylation is 3. The van der Waals surface area contributed by atoms with Gasteiger partial charge in [0.15, 0.2) is 11.6 Å². The summed E-state index contributed by atoms with van der Waals surface area (Å²) in [5, 5.41) is 0. The minimum atomic E-state index is -1.84. The maximum Gasteiger partial charge on any atom is 0.250 e. The molecular formula is C12H9Cl6N3O. The number of halogens is 6. The minimum Gasteiger partial charge on any atom is -0.466 e. The van der Waals surface area contributed by atoms with Crippen molar-refractivity contribution in [3.8, 4) is 0 Å². The Bertz CT molecular complexity index is 629. The van der Waals surface area contributed by atoms with Crippen molar-refractivity contribution >= 4 is 69.6 Å². The minimum absolute atomic E-state index is 0.0977. The third-order valence-corrected chi connectivity index (χ3v) is 3.59. The van der Waals surface area contributed by atoms with Crippen LogP contribution >= 0.6 is 69.6 Å². The van der Waals surface area contributed by atoms with Gasteiger partial charge in [-0.1, -0.05) is 69.6 Å². The lowest BCUT2D eigenvalue weighted by atomic mass is 10.2. The summed E-state index contributed by atoms with van der Waals surface area (Å²) in [6.45, 7) is 1.86. The van der Waals surface area contributed by atoms with Crippen LogP contribution < -0.4 is 0 Å². The van der Waals surface area contributed by atoms with Gasteiger partial charge in [0.2, 0.25) is 7.59 Å². The van der Waals surface area contributed by atoms with Crippen molar-refractivity contribution in [2.24, 2.45) is 0 Å². The number of furan rings is 1. The Hall–Kier alpha value is 0.0300. The Kier molecular flexibility index (Phi) is 5.74. The fourth-order valence-electron chi connectivity index (χ4n) is 1.64. The SMILES string of the molecule is Cc1ccc(CCc2nc(C(Cl)(Cl)Cl)nc(C(Cl)(Cl)Cl)n2)o1. The summed E-state index contributed by atoms with van der Waals surface area (Å²) in [6, 6.07) is 3.73. The molecule has 0 unspecified atom stereocenters. The molecule has 0 radical (unpaired) electrons. The third kappa shape index (κ3) is 5.02. The molecule has 0 aliphatic carbocycles. The lowest BCUT2D eigenvalue weighted by Gasteiger charge is -2.15. The van der Waals surface area contributed by atoms with E-state index in [9.17, 15) is 0 Å². The zero-order chi connectivity index (χ0) is 16.5. The maximum atomic E-state index is 5.80. The zero-order valence-electron chi connectivity index (χ0n) is 11.1. The van der Waals surface area contributed by atoms with E-state index in [0.717, 1.165) is 11.5 Å². The number of aromatic nitrogens is 3. The highest BCUT2D eigenvalue weighted by molar-refractivity contribution is 6.67. The molecule has 4 nitrogen and oxygen atoms in total. The maximum absolute atomic E-state index is 5.80. The number of rotatable bonds is 3. The van der Waals surface area contributed by atoms with Gasteiger partial charge in [-0.25, -0.2) is 15.0 Å². The van der Waals surface area contributed by atoms with Gasteiger partial charge in [0, 0.05) is 12.8 Å². The molecular weight excluding hydrogens is 415 g/mol. The van der Waals surface area contributed by atoms with Crippen LogP contribution in [0.4, 0.5) is 0 Å². The molecule has 0 fully saturated rings. The smallest absolute Gasteiger partial charge is 0.250 e. The third-order valence-electron chi connectivity index (χ3n) is 2.58. The van der Waals surface area contributed by atoms with E-state index in [1.807, 2.05) is 19.1 Å². The van der Waals surface area contributed by atoms with E-state index >= 15 is 0 Å². The lowest BCUT2D eigenvalue weighted by molar-refractivity contribution is 0.480. The molecule has 120 valence electrons. The van der Waals surface area contributed by atoms with Crippen molar-refractivity contribution in [3.05, 3.63) is 41.1 Å². The van der Waals surface area contributed by atoms with Crippen molar-refractivity contribution < 1.29 is 4.42 Å². The van der Waals surface area contributed by atoms with Crippen LogP contribution in [0, 0.1) is 6.92 Å². The zero-order valence-corrected chi connectivity index (χ0v) is 15.6. The van der Waals surface area contributed by atoms with Gasteiger partial charge < -0.3 is 4.42 Å². The molecule has 2 rings (SSSR count). The molecule has 0 saturated heterocycles. The molecule has 0 aliphatic heterocycles. The van der Waals surface area contributed by atoms with Gasteiger partial charge >= 0.3 is 0 Å². The van der Waals surface area contributed by atoms with Crippen molar-refractivity contribution in [1.29, 1.82) is 0 Å². The molecule has 0 atom stereocenters. The second kappa shape index (κ2) is 6.88. The predicted octanol–water partition coefficient (Wildman–Crippen LogP) is 5.21. The molecule has 2 heterocycles. The van der Waals surface area contributed by atoms with E-state index < -0.39 is 7.59 Å². The van der Waals surface area contributed by atoms with E-state index in [1.165, 1.54) is 0 Å². The van der Waals surface area contributed by atoms with Gasteiger partial charge in [-0.2, -0.15) is 0 Å². The molecule has 2 aromatic heterocycles. The molecule has 22 heavy (non-hydrogen) atoms. The molecule has 0 aliphatic rings. The Morgan fingerprint density at radius 2 is 1.41 bits per heavy atom. The van der Waals surface area contributed by atoms with Crippen LogP contribution in [0.25, 0.3) is 0 Å². The van der Waals surface area contributed by atoms with Crippen LogP contribution in [0.15, 0.2) is 16.5 Å². The standard InChI is InChI=1S/C12H9Cl6N3O/c1-6-2-3-7(22-6)4-5-8-19-9(11(13,14)15)21-10(20-8)12(16,17)18/h2-3H,4-5H2,1H3. The molecule has 0 amide bonds. The normalized spacial score (nSPS) is 12.7.